The molecule has 0 spiro atoms. The minimum absolute atomic E-state index is 0.735. The first-order valence-electron chi connectivity index (χ1n) is 5.88. The summed E-state index contributed by atoms with van der Waals surface area (Å²) in [6.07, 6.45) is 0. The average Bonchev–Trinajstić information content (AvgIpc) is 2.47. The van der Waals surface area contributed by atoms with Crippen LogP contribution in [0.25, 0.3) is 0 Å². The zero-order valence-electron chi connectivity index (χ0n) is 11.0. The Morgan fingerprint density at radius 3 is 1.37 bits per heavy atom. The van der Waals surface area contributed by atoms with Crippen LogP contribution in [0.2, 0.25) is 0 Å². The van der Waals surface area contributed by atoms with E-state index >= 15 is 0 Å². The number of rotatable bonds is 4. The molecule has 3 N–H and O–H groups in total. The molecular formula is C14H18NO3P. The van der Waals surface area contributed by atoms with E-state index in [9.17, 15) is 4.89 Å². The standard InChI is InChI=1S/C14H18NO3P/c1-17-11-3-7-13(8-4-11)19(15,16)14-9-5-12(18-2)6-10-14/h3-10,16,19H,15H2,1-2H3. The van der Waals surface area contributed by atoms with Crippen molar-refractivity contribution < 1.29 is 14.4 Å². The summed E-state index contributed by atoms with van der Waals surface area (Å²) in [5.74, 6) is 1.48. The van der Waals surface area contributed by atoms with Gasteiger partial charge in [-0.3, -0.25) is 0 Å². The van der Waals surface area contributed by atoms with Crippen LogP contribution in [-0.4, -0.2) is 19.1 Å². The second-order valence-corrected chi connectivity index (χ2v) is 6.91. The molecule has 0 fully saturated rings. The molecule has 2 aromatic carbocycles. The molecular weight excluding hydrogens is 261 g/mol. The van der Waals surface area contributed by atoms with E-state index in [-0.39, 0.29) is 0 Å². The van der Waals surface area contributed by atoms with E-state index in [1.54, 1.807) is 62.8 Å². The van der Waals surface area contributed by atoms with Gasteiger partial charge in [0.05, 0.1) is 0 Å². The van der Waals surface area contributed by atoms with Crippen LogP contribution < -0.4 is 25.6 Å². The Bertz CT molecular complexity index is 488. The van der Waals surface area contributed by atoms with E-state index < -0.39 is 7.64 Å². The van der Waals surface area contributed by atoms with Crippen molar-refractivity contribution in [3.8, 4) is 11.5 Å². The van der Waals surface area contributed by atoms with E-state index in [1.807, 2.05) is 0 Å². The summed E-state index contributed by atoms with van der Waals surface area (Å²) in [7, 11) is 0.0655. The van der Waals surface area contributed by atoms with Gasteiger partial charge in [-0.15, -0.1) is 0 Å². The van der Waals surface area contributed by atoms with Crippen molar-refractivity contribution in [1.82, 2.24) is 0 Å². The van der Waals surface area contributed by atoms with Crippen LogP contribution in [0.5, 0.6) is 11.5 Å². The molecule has 0 unspecified atom stereocenters. The van der Waals surface area contributed by atoms with Gasteiger partial charge < -0.3 is 0 Å². The Balaban J connectivity index is 2.33. The fraction of sp³-hybridized carbons (Fsp3) is 0.143. The Morgan fingerprint density at radius 1 is 0.789 bits per heavy atom. The summed E-state index contributed by atoms with van der Waals surface area (Å²) in [5.41, 5.74) is 6.16. The molecule has 19 heavy (non-hydrogen) atoms. The van der Waals surface area contributed by atoms with Crippen LogP contribution in [-0.2, 0) is 0 Å². The number of hydrogen-bond donors (Lipinski definition) is 2. The van der Waals surface area contributed by atoms with Gasteiger partial charge in [-0.05, 0) is 0 Å². The predicted molar refractivity (Wildman–Crippen MR) is 80.0 cm³/mol. The molecule has 0 saturated carbocycles. The third kappa shape index (κ3) is 2.87. The summed E-state index contributed by atoms with van der Waals surface area (Å²) in [6.45, 7) is 0. The molecule has 2 rings (SSSR count). The van der Waals surface area contributed by atoms with Gasteiger partial charge >= 0.3 is 112 Å². The summed E-state index contributed by atoms with van der Waals surface area (Å²) in [5, 5.41) is 1.47. The van der Waals surface area contributed by atoms with Crippen LogP contribution in [0.3, 0.4) is 0 Å². The van der Waals surface area contributed by atoms with E-state index in [0.717, 1.165) is 22.1 Å². The quantitative estimate of drug-likeness (QED) is 0.825. The fourth-order valence-corrected chi connectivity index (χ4v) is 3.54. The number of nitrogens with two attached hydrogens (primary N) is 1. The van der Waals surface area contributed by atoms with E-state index in [2.05, 4.69) is 0 Å². The monoisotopic (exact) mass is 279 g/mol. The Kier molecular flexibility index (Phi) is 4.05. The molecule has 0 aliphatic heterocycles. The first-order chi connectivity index (χ1) is 9.07. The zero-order chi connectivity index (χ0) is 13.9. The van der Waals surface area contributed by atoms with E-state index in [0.29, 0.717) is 0 Å². The topological polar surface area (TPSA) is 64.7 Å². The first kappa shape index (κ1) is 13.8. The number of hydrogen-bond acceptors (Lipinski definition) is 4. The second-order valence-electron chi connectivity index (χ2n) is 4.22. The number of benzene rings is 2. The van der Waals surface area contributed by atoms with Crippen LogP contribution in [0.15, 0.2) is 48.5 Å². The van der Waals surface area contributed by atoms with Crippen molar-refractivity contribution in [2.45, 2.75) is 0 Å². The molecule has 4 nitrogen and oxygen atoms in total. The maximum atomic E-state index is 10.6. The van der Waals surface area contributed by atoms with Crippen molar-refractivity contribution in [1.29, 1.82) is 0 Å². The first-order valence-corrected chi connectivity index (χ1v) is 7.90. The van der Waals surface area contributed by atoms with Crippen molar-refractivity contribution in [3.05, 3.63) is 48.5 Å². The SMILES string of the molecule is COc1ccc([PH](N)(O)c2ccc(OC)cc2)cc1. The van der Waals surface area contributed by atoms with Gasteiger partial charge in [-0.1, -0.05) is 0 Å². The Labute approximate surface area is 113 Å². The van der Waals surface area contributed by atoms with Gasteiger partial charge in [0.2, 0.25) is 0 Å². The molecule has 0 bridgehead atoms. The second kappa shape index (κ2) is 5.57. The van der Waals surface area contributed by atoms with Gasteiger partial charge in [0.15, 0.2) is 0 Å². The molecule has 0 heterocycles. The summed E-state index contributed by atoms with van der Waals surface area (Å²) < 4.78 is 10.2. The molecule has 0 aliphatic carbocycles. The molecule has 0 saturated heterocycles. The molecule has 0 radical (unpaired) electrons. The number of methoxy groups -OCH3 is 2. The summed E-state index contributed by atoms with van der Waals surface area (Å²) in [4.78, 5) is 10.6. The molecule has 102 valence electrons. The van der Waals surface area contributed by atoms with Crippen LogP contribution >= 0.6 is 7.64 Å². The third-order valence-corrected chi connectivity index (χ3v) is 5.49. The van der Waals surface area contributed by atoms with Crippen molar-refractivity contribution >= 4 is 18.2 Å². The van der Waals surface area contributed by atoms with Gasteiger partial charge in [0.25, 0.3) is 0 Å². The molecule has 0 atom stereocenters. The van der Waals surface area contributed by atoms with Crippen molar-refractivity contribution in [2.75, 3.05) is 14.2 Å². The van der Waals surface area contributed by atoms with Crippen LogP contribution in [0, 0.1) is 0 Å². The maximum absolute atomic E-state index is 10.6. The summed E-state index contributed by atoms with van der Waals surface area (Å²) in [6, 6.07) is 14.4. The molecule has 0 aliphatic rings. The van der Waals surface area contributed by atoms with Crippen LogP contribution in [0.4, 0.5) is 0 Å². The predicted octanol–water partition coefficient (Wildman–Crippen LogP) is 1.19. The number of ether oxygens (including phenoxy) is 2. The van der Waals surface area contributed by atoms with E-state index in [1.165, 1.54) is 0 Å². The van der Waals surface area contributed by atoms with Gasteiger partial charge in [-0.25, -0.2) is 0 Å². The Hall–Kier alpha value is -1.61. The Morgan fingerprint density at radius 2 is 1.11 bits per heavy atom. The van der Waals surface area contributed by atoms with Gasteiger partial charge in [-0.2, -0.15) is 0 Å². The molecule has 2 aromatic rings. The van der Waals surface area contributed by atoms with E-state index in [4.69, 9.17) is 15.0 Å². The fourth-order valence-electron chi connectivity index (χ4n) is 1.86. The zero-order valence-corrected chi connectivity index (χ0v) is 12.0. The molecule has 0 amide bonds. The van der Waals surface area contributed by atoms with Crippen LogP contribution in [0.1, 0.15) is 0 Å². The van der Waals surface area contributed by atoms with Gasteiger partial charge in [0, 0.05) is 0 Å². The van der Waals surface area contributed by atoms with Gasteiger partial charge in [0.1, 0.15) is 0 Å². The third-order valence-electron chi connectivity index (χ3n) is 3.06. The normalized spacial score (nSPS) is 12.0. The minimum atomic E-state index is -3.14. The average molecular weight is 279 g/mol. The molecule has 5 heteroatoms. The molecule has 0 aromatic heterocycles. The summed E-state index contributed by atoms with van der Waals surface area (Å²) >= 11 is 0. The van der Waals surface area contributed by atoms with Crippen molar-refractivity contribution in [2.24, 2.45) is 5.50 Å². The van der Waals surface area contributed by atoms with Crippen molar-refractivity contribution in [3.63, 3.8) is 0 Å².